The summed E-state index contributed by atoms with van der Waals surface area (Å²) in [5.74, 6) is 2.41. The van der Waals surface area contributed by atoms with Crippen LogP contribution in [0.5, 0.6) is 0 Å². The van der Waals surface area contributed by atoms with Gasteiger partial charge in [-0.1, -0.05) is 48.5 Å². The lowest BCUT2D eigenvalue weighted by Gasteiger charge is -2.74. The Labute approximate surface area is 203 Å². The molecule has 0 amide bonds. The molecule has 0 bridgehead atoms. The van der Waals surface area contributed by atoms with E-state index in [1.165, 1.54) is 57.8 Å². The third kappa shape index (κ3) is 3.03. The molecule has 0 spiro atoms. The van der Waals surface area contributed by atoms with Crippen LogP contribution >= 0.6 is 0 Å². The van der Waals surface area contributed by atoms with Crippen molar-refractivity contribution in [3.8, 4) is 0 Å². The first-order chi connectivity index (χ1) is 15.2. The Morgan fingerprint density at radius 1 is 0.667 bits per heavy atom. The van der Waals surface area contributed by atoms with Gasteiger partial charge in [-0.05, 0) is 120 Å². The van der Waals surface area contributed by atoms with Crippen LogP contribution in [0.4, 0.5) is 0 Å². The zero-order valence-corrected chi connectivity index (χ0v) is 22.6. The fraction of sp³-hybridized carbons (Fsp3) is 1.00. The zero-order chi connectivity index (χ0) is 24.2. The van der Waals surface area contributed by atoms with E-state index in [1.54, 1.807) is 0 Å². The SMILES string of the molecule is CC1(C)CC[C@]2(CO)CC[C@]3(C)[C@H](CC[C@@H]4[C@@]5(C)CC(O)C(O)C(C)(C)C5CC[C@]43C)[C@H]2C1. The van der Waals surface area contributed by atoms with E-state index in [0.29, 0.717) is 41.1 Å². The molecular formula is C30H52O3. The van der Waals surface area contributed by atoms with Gasteiger partial charge in [0.1, 0.15) is 0 Å². The van der Waals surface area contributed by atoms with Gasteiger partial charge in [-0.2, -0.15) is 0 Å². The highest BCUT2D eigenvalue weighted by Gasteiger charge is 2.70. The largest absolute Gasteiger partial charge is 0.396 e. The van der Waals surface area contributed by atoms with Crippen molar-refractivity contribution >= 4 is 0 Å². The van der Waals surface area contributed by atoms with Gasteiger partial charge in [0.25, 0.3) is 0 Å². The Balaban J connectivity index is 1.54. The Kier molecular flexibility index (Phi) is 5.38. The van der Waals surface area contributed by atoms with Crippen LogP contribution in [0, 0.1) is 56.2 Å². The van der Waals surface area contributed by atoms with Gasteiger partial charge >= 0.3 is 0 Å². The molecule has 3 unspecified atom stereocenters. The second kappa shape index (κ2) is 7.22. The molecule has 10 atom stereocenters. The number of hydrogen-bond donors (Lipinski definition) is 3. The van der Waals surface area contributed by atoms with Crippen LogP contribution < -0.4 is 0 Å². The number of fused-ring (bicyclic) bond motifs is 7. The predicted molar refractivity (Wildman–Crippen MR) is 134 cm³/mol. The average Bonchev–Trinajstić information content (AvgIpc) is 2.72. The van der Waals surface area contributed by atoms with Crippen LogP contribution in [0.15, 0.2) is 0 Å². The van der Waals surface area contributed by atoms with E-state index in [2.05, 4.69) is 48.5 Å². The van der Waals surface area contributed by atoms with Gasteiger partial charge in [-0.15, -0.1) is 0 Å². The van der Waals surface area contributed by atoms with E-state index in [1.807, 2.05) is 0 Å². The number of aliphatic hydroxyl groups is 3. The highest BCUT2D eigenvalue weighted by Crippen LogP contribution is 2.76. The Morgan fingerprint density at radius 3 is 2.00 bits per heavy atom. The highest BCUT2D eigenvalue weighted by atomic mass is 16.3. The normalized spacial score (nSPS) is 57.3. The van der Waals surface area contributed by atoms with Crippen LogP contribution in [0.25, 0.3) is 0 Å². The van der Waals surface area contributed by atoms with Crippen LogP contribution in [0.3, 0.4) is 0 Å². The second-order valence-electron chi connectivity index (χ2n) is 15.7. The first-order valence-electron chi connectivity index (χ1n) is 14.1. The first-order valence-corrected chi connectivity index (χ1v) is 14.1. The number of aliphatic hydroxyl groups excluding tert-OH is 3. The van der Waals surface area contributed by atoms with Crippen LogP contribution in [0.2, 0.25) is 0 Å². The van der Waals surface area contributed by atoms with Gasteiger partial charge < -0.3 is 15.3 Å². The highest BCUT2D eigenvalue weighted by molar-refractivity contribution is 5.19. The van der Waals surface area contributed by atoms with E-state index in [0.717, 1.165) is 6.42 Å². The summed E-state index contributed by atoms with van der Waals surface area (Å²) in [6.07, 6.45) is 10.6. The van der Waals surface area contributed by atoms with E-state index in [4.69, 9.17) is 0 Å². The minimum absolute atomic E-state index is 0.0838. The molecule has 0 aromatic carbocycles. The van der Waals surface area contributed by atoms with Crippen molar-refractivity contribution in [1.29, 1.82) is 0 Å². The van der Waals surface area contributed by atoms with Crippen molar-refractivity contribution in [2.45, 2.75) is 125 Å². The lowest BCUT2D eigenvalue weighted by atomic mass is 9.31. The summed E-state index contributed by atoms with van der Waals surface area (Å²) in [5, 5.41) is 32.6. The van der Waals surface area contributed by atoms with Crippen molar-refractivity contribution in [2.75, 3.05) is 6.61 Å². The number of rotatable bonds is 1. The fourth-order valence-corrected chi connectivity index (χ4v) is 11.6. The van der Waals surface area contributed by atoms with Gasteiger partial charge in [0.05, 0.1) is 12.2 Å². The lowest BCUT2D eigenvalue weighted by Crippen LogP contribution is -2.68. The molecule has 5 rings (SSSR count). The number of hydrogen-bond acceptors (Lipinski definition) is 3. The minimum Gasteiger partial charge on any atom is -0.396 e. The van der Waals surface area contributed by atoms with Crippen molar-refractivity contribution in [2.24, 2.45) is 56.2 Å². The summed E-state index contributed by atoms with van der Waals surface area (Å²) in [7, 11) is 0. The summed E-state index contributed by atoms with van der Waals surface area (Å²) in [4.78, 5) is 0. The third-order valence-electron chi connectivity index (χ3n) is 13.7. The molecule has 0 saturated heterocycles. The first kappa shape index (κ1) is 24.6. The second-order valence-corrected chi connectivity index (χ2v) is 15.7. The van der Waals surface area contributed by atoms with E-state index in [-0.39, 0.29) is 21.7 Å². The average molecular weight is 461 g/mol. The quantitative estimate of drug-likeness (QED) is 0.437. The van der Waals surface area contributed by atoms with Gasteiger partial charge in [0, 0.05) is 6.61 Å². The Bertz CT molecular complexity index is 789. The maximum absolute atomic E-state index is 11.0. The third-order valence-corrected chi connectivity index (χ3v) is 13.7. The van der Waals surface area contributed by atoms with Crippen molar-refractivity contribution in [3.05, 3.63) is 0 Å². The molecule has 0 aromatic heterocycles. The topological polar surface area (TPSA) is 60.7 Å². The molecule has 3 nitrogen and oxygen atoms in total. The molecule has 3 heteroatoms. The molecule has 5 saturated carbocycles. The maximum atomic E-state index is 11.0. The maximum Gasteiger partial charge on any atom is 0.0852 e. The summed E-state index contributed by atoms with van der Waals surface area (Å²) >= 11 is 0. The van der Waals surface area contributed by atoms with Gasteiger partial charge in [-0.25, -0.2) is 0 Å². The summed E-state index contributed by atoms with van der Waals surface area (Å²) in [6.45, 7) is 17.4. The van der Waals surface area contributed by atoms with Crippen LogP contribution in [0.1, 0.15) is 113 Å². The predicted octanol–water partition coefficient (Wildman–Crippen LogP) is 6.19. The minimum atomic E-state index is -0.615. The van der Waals surface area contributed by atoms with E-state index >= 15 is 0 Å². The molecule has 0 aromatic rings. The molecule has 3 N–H and O–H groups in total. The molecular weight excluding hydrogens is 408 g/mol. The fourth-order valence-electron chi connectivity index (χ4n) is 11.6. The van der Waals surface area contributed by atoms with E-state index in [9.17, 15) is 15.3 Å². The van der Waals surface area contributed by atoms with Crippen molar-refractivity contribution in [1.82, 2.24) is 0 Å². The summed E-state index contributed by atoms with van der Waals surface area (Å²) in [6, 6.07) is 0. The van der Waals surface area contributed by atoms with Crippen molar-refractivity contribution in [3.63, 3.8) is 0 Å². The standard InChI is InChI=1S/C30H52O3/c1-25(2)12-14-30(18-31)15-13-28(6)19(20(30)16-25)8-9-23-27(5)17-21(32)24(33)26(3,4)22(27)10-11-29(23,28)7/h19-24,31-33H,8-18H2,1-7H3/t19-,20-,21?,22?,23-,24?,27+,28-,29-,30-/m1/s1. The lowest BCUT2D eigenvalue weighted by molar-refractivity contribution is -0.270. The molecule has 190 valence electrons. The summed E-state index contributed by atoms with van der Waals surface area (Å²) < 4.78 is 0. The Hall–Kier alpha value is -0.120. The molecule has 0 radical (unpaired) electrons. The molecule has 5 aliphatic carbocycles. The van der Waals surface area contributed by atoms with Gasteiger partial charge in [0.15, 0.2) is 0 Å². The van der Waals surface area contributed by atoms with Crippen molar-refractivity contribution < 1.29 is 15.3 Å². The summed E-state index contributed by atoms with van der Waals surface area (Å²) in [5.41, 5.74) is 0.944. The van der Waals surface area contributed by atoms with Gasteiger partial charge in [-0.3, -0.25) is 0 Å². The molecule has 33 heavy (non-hydrogen) atoms. The Morgan fingerprint density at radius 2 is 1.33 bits per heavy atom. The monoisotopic (exact) mass is 460 g/mol. The van der Waals surface area contributed by atoms with Crippen LogP contribution in [-0.2, 0) is 0 Å². The van der Waals surface area contributed by atoms with Gasteiger partial charge in [0.2, 0.25) is 0 Å². The molecule has 5 fully saturated rings. The molecule has 5 aliphatic rings. The van der Waals surface area contributed by atoms with E-state index < -0.39 is 12.2 Å². The smallest absolute Gasteiger partial charge is 0.0852 e. The zero-order valence-electron chi connectivity index (χ0n) is 22.6. The van der Waals surface area contributed by atoms with Crippen LogP contribution in [-0.4, -0.2) is 34.1 Å². The molecule has 0 heterocycles. The molecule has 0 aliphatic heterocycles.